The fourth-order valence-electron chi connectivity index (χ4n) is 3.67. The topological polar surface area (TPSA) is 63.8 Å². The summed E-state index contributed by atoms with van der Waals surface area (Å²) in [7, 11) is 0. The minimum atomic E-state index is -0.514. The van der Waals surface area contributed by atoms with Crippen LogP contribution >= 0.6 is 12.4 Å². The average molecular weight is 373 g/mol. The lowest BCUT2D eigenvalue weighted by atomic mass is 9.93. The van der Waals surface area contributed by atoms with Gasteiger partial charge in [0.2, 0.25) is 0 Å². The Hall–Kier alpha value is -2.37. The summed E-state index contributed by atoms with van der Waals surface area (Å²) in [5.74, 6) is 0.474. The number of fused-ring (bicyclic) bond motifs is 2. The molecule has 136 valence electrons. The quantitative estimate of drug-likeness (QED) is 0.697. The van der Waals surface area contributed by atoms with E-state index < -0.39 is 6.10 Å². The van der Waals surface area contributed by atoms with Gasteiger partial charge >= 0.3 is 0 Å². The Kier molecular flexibility index (Phi) is 5.30. The van der Waals surface area contributed by atoms with Crippen molar-refractivity contribution in [3.05, 3.63) is 65.6 Å². The van der Waals surface area contributed by atoms with Gasteiger partial charge in [0.05, 0.1) is 18.9 Å². The highest BCUT2D eigenvalue weighted by atomic mass is 35.5. The molecule has 26 heavy (non-hydrogen) atoms. The van der Waals surface area contributed by atoms with E-state index in [1.807, 2.05) is 49.5 Å². The number of imidazole rings is 1. The summed E-state index contributed by atoms with van der Waals surface area (Å²) >= 11 is 0. The minimum absolute atomic E-state index is 0. The molecule has 0 saturated heterocycles. The third-order valence-electron chi connectivity index (χ3n) is 4.84. The van der Waals surface area contributed by atoms with Gasteiger partial charge < -0.3 is 9.84 Å². The van der Waals surface area contributed by atoms with Gasteiger partial charge in [0, 0.05) is 18.5 Å². The Morgan fingerprint density at radius 3 is 2.92 bits per heavy atom. The molecule has 1 aromatic carbocycles. The van der Waals surface area contributed by atoms with Gasteiger partial charge in [-0.15, -0.1) is 12.4 Å². The van der Waals surface area contributed by atoms with Gasteiger partial charge in [-0.2, -0.15) is 0 Å². The number of carbonyl (C=O) groups is 1. The van der Waals surface area contributed by atoms with Crippen molar-refractivity contribution in [2.75, 3.05) is 6.61 Å². The number of hydrogen-bond acceptors (Lipinski definition) is 4. The number of ketones is 1. The second kappa shape index (κ2) is 7.48. The molecule has 0 bridgehead atoms. The summed E-state index contributed by atoms with van der Waals surface area (Å²) in [6.07, 6.45) is 3.77. The maximum absolute atomic E-state index is 12.9. The smallest absolute Gasteiger partial charge is 0.181 e. The van der Waals surface area contributed by atoms with E-state index in [-0.39, 0.29) is 30.5 Å². The minimum Gasteiger partial charge on any atom is -0.490 e. The van der Waals surface area contributed by atoms with Crippen molar-refractivity contribution in [2.24, 2.45) is 0 Å². The first-order valence-electron chi connectivity index (χ1n) is 8.57. The first-order chi connectivity index (χ1) is 12.2. The second-order valence-electron chi connectivity index (χ2n) is 6.35. The molecule has 1 aliphatic rings. The number of aliphatic hydroxyl groups excluding tert-OH is 1. The molecular weight excluding hydrogens is 352 g/mol. The number of pyridine rings is 1. The van der Waals surface area contributed by atoms with Gasteiger partial charge in [-0.3, -0.25) is 9.20 Å². The Bertz CT molecular complexity index is 938. The Morgan fingerprint density at radius 1 is 1.31 bits per heavy atom. The number of halogens is 1. The average Bonchev–Trinajstić information content (AvgIpc) is 3.18. The SMILES string of the molecule is CCOc1cccn2c(C(=O)C[C@@H]3c4ccccc4C[C@@H]3O)cnc12.Cl. The summed E-state index contributed by atoms with van der Waals surface area (Å²) in [6, 6.07) is 11.6. The van der Waals surface area contributed by atoms with Crippen molar-refractivity contribution in [1.29, 1.82) is 0 Å². The van der Waals surface area contributed by atoms with Crippen LogP contribution in [0.5, 0.6) is 5.75 Å². The van der Waals surface area contributed by atoms with Gasteiger partial charge in [-0.1, -0.05) is 24.3 Å². The van der Waals surface area contributed by atoms with Crippen LogP contribution in [0.25, 0.3) is 5.65 Å². The van der Waals surface area contributed by atoms with Crippen molar-refractivity contribution in [2.45, 2.75) is 31.8 Å². The molecule has 0 saturated carbocycles. The first-order valence-corrected chi connectivity index (χ1v) is 8.57. The van der Waals surface area contributed by atoms with Crippen molar-refractivity contribution in [3.8, 4) is 5.75 Å². The Morgan fingerprint density at radius 2 is 2.12 bits per heavy atom. The Balaban J connectivity index is 0.00000196. The van der Waals surface area contributed by atoms with Gasteiger partial charge in [0.15, 0.2) is 17.2 Å². The summed E-state index contributed by atoms with van der Waals surface area (Å²) in [6.45, 7) is 2.46. The van der Waals surface area contributed by atoms with E-state index in [0.29, 0.717) is 30.1 Å². The van der Waals surface area contributed by atoms with E-state index in [4.69, 9.17) is 4.74 Å². The first kappa shape index (κ1) is 18.4. The number of aromatic nitrogens is 2. The molecule has 6 heteroatoms. The van der Waals surface area contributed by atoms with E-state index in [0.717, 1.165) is 11.1 Å². The molecule has 3 aromatic rings. The number of aliphatic hydroxyl groups is 1. The zero-order chi connectivity index (χ0) is 17.4. The fraction of sp³-hybridized carbons (Fsp3) is 0.300. The zero-order valence-electron chi connectivity index (χ0n) is 14.5. The second-order valence-corrected chi connectivity index (χ2v) is 6.35. The van der Waals surface area contributed by atoms with Crippen LogP contribution in [-0.2, 0) is 6.42 Å². The number of nitrogens with zero attached hydrogens (tertiary/aromatic N) is 2. The van der Waals surface area contributed by atoms with Crippen molar-refractivity contribution in [1.82, 2.24) is 9.38 Å². The lowest BCUT2D eigenvalue weighted by Crippen LogP contribution is -2.18. The molecule has 0 spiro atoms. The van der Waals surface area contributed by atoms with Crippen molar-refractivity contribution in [3.63, 3.8) is 0 Å². The predicted octanol–water partition coefficient (Wildman–Crippen LogP) is 3.43. The molecule has 0 radical (unpaired) electrons. The van der Waals surface area contributed by atoms with Gasteiger partial charge in [0.1, 0.15) is 5.69 Å². The van der Waals surface area contributed by atoms with Gasteiger partial charge in [0.25, 0.3) is 0 Å². The highest BCUT2D eigenvalue weighted by Gasteiger charge is 2.33. The summed E-state index contributed by atoms with van der Waals surface area (Å²) < 4.78 is 7.34. The summed E-state index contributed by atoms with van der Waals surface area (Å²) in [5, 5.41) is 10.4. The molecule has 1 aliphatic carbocycles. The van der Waals surface area contributed by atoms with E-state index >= 15 is 0 Å². The van der Waals surface area contributed by atoms with Crippen molar-refractivity contribution < 1.29 is 14.6 Å². The maximum atomic E-state index is 12.9. The number of ether oxygens (including phenoxy) is 1. The Labute approximate surface area is 158 Å². The van der Waals surface area contributed by atoms with Gasteiger partial charge in [-0.25, -0.2) is 4.98 Å². The summed E-state index contributed by atoms with van der Waals surface area (Å²) in [5.41, 5.74) is 3.37. The number of hydrogen-bond donors (Lipinski definition) is 1. The summed E-state index contributed by atoms with van der Waals surface area (Å²) in [4.78, 5) is 17.2. The highest BCUT2D eigenvalue weighted by Crippen LogP contribution is 2.36. The van der Waals surface area contributed by atoms with E-state index in [1.54, 1.807) is 10.6 Å². The molecular formula is C20H21ClN2O3. The molecule has 0 unspecified atom stereocenters. The van der Waals surface area contributed by atoms with Crippen LogP contribution in [0.3, 0.4) is 0 Å². The van der Waals surface area contributed by atoms with Crippen LogP contribution in [0.1, 0.15) is 40.9 Å². The van der Waals surface area contributed by atoms with Crippen LogP contribution in [0.4, 0.5) is 0 Å². The van der Waals surface area contributed by atoms with Crippen LogP contribution in [0.2, 0.25) is 0 Å². The lowest BCUT2D eigenvalue weighted by Gasteiger charge is -2.15. The lowest BCUT2D eigenvalue weighted by molar-refractivity contribution is 0.0915. The zero-order valence-corrected chi connectivity index (χ0v) is 15.3. The molecule has 0 fully saturated rings. The molecule has 4 rings (SSSR count). The van der Waals surface area contributed by atoms with Crippen molar-refractivity contribution >= 4 is 23.8 Å². The number of rotatable bonds is 5. The monoisotopic (exact) mass is 372 g/mol. The molecule has 1 N–H and O–H groups in total. The van der Waals surface area contributed by atoms with Crippen LogP contribution in [0.15, 0.2) is 48.8 Å². The van der Waals surface area contributed by atoms with Crippen LogP contribution in [0, 0.1) is 0 Å². The van der Waals surface area contributed by atoms with Crippen LogP contribution in [-0.4, -0.2) is 33.0 Å². The van der Waals surface area contributed by atoms with Crippen LogP contribution < -0.4 is 4.74 Å². The molecule has 2 atom stereocenters. The maximum Gasteiger partial charge on any atom is 0.181 e. The molecule has 0 aliphatic heterocycles. The normalized spacial score (nSPS) is 18.4. The third-order valence-corrected chi connectivity index (χ3v) is 4.84. The molecule has 2 aromatic heterocycles. The predicted molar refractivity (Wildman–Crippen MR) is 101 cm³/mol. The fourth-order valence-corrected chi connectivity index (χ4v) is 3.67. The van der Waals surface area contributed by atoms with Gasteiger partial charge in [-0.05, 0) is 36.6 Å². The number of Topliss-reactive ketones (excluding diaryl/α,β-unsaturated/α-hetero) is 1. The number of benzene rings is 1. The molecule has 2 heterocycles. The van der Waals surface area contributed by atoms with E-state index in [2.05, 4.69) is 4.98 Å². The third kappa shape index (κ3) is 3.08. The van der Waals surface area contributed by atoms with E-state index in [1.165, 1.54) is 0 Å². The standard InChI is InChI=1S/C20H20N2O3.ClH/c1-2-25-19-8-5-9-22-16(12-21-20(19)22)18(24)11-15-14-7-4-3-6-13(14)10-17(15)23;/h3-9,12,15,17,23H,2,10-11H2,1H3;1H/t15-,17+;/m1./s1. The molecule has 0 amide bonds. The largest absolute Gasteiger partial charge is 0.490 e. The highest BCUT2D eigenvalue weighted by molar-refractivity contribution is 5.96. The molecule has 5 nitrogen and oxygen atoms in total. The number of carbonyl (C=O) groups excluding carboxylic acids is 1. The van der Waals surface area contributed by atoms with E-state index in [9.17, 15) is 9.90 Å².